The van der Waals surface area contributed by atoms with Crippen molar-refractivity contribution < 1.29 is 4.92 Å². The number of aromatic nitrogens is 3. The van der Waals surface area contributed by atoms with E-state index in [0.29, 0.717) is 11.5 Å². The van der Waals surface area contributed by atoms with Crippen molar-refractivity contribution in [3.05, 3.63) is 52.1 Å². The number of fused-ring (bicyclic) bond motifs is 3. The summed E-state index contributed by atoms with van der Waals surface area (Å²) in [6.07, 6.45) is 10.0. The van der Waals surface area contributed by atoms with E-state index in [9.17, 15) is 10.1 Å². The first-order valence-electron chi connectivity index (χ1n) is 5.46. The van der Waals surface area contributed by atoms with Crippen molar-refractivity contribution in [2.75, 3.05) is 0 Å². The molecule has 0 amide bonds. The highest BCUT2D eigenvalue weighted by Gasteiger charge is 2.32. The molecule has 1 unspecified atom stereocenters. The van der Waals surface area contributed by atoms with Crippen molar-refractivity contribution in [3.63, 3.8) is 0 Å². The lowest BCUT2D eigenvalue weighted by Gasteiger charge is -2.10. The third-order valence-corrected chi connectivity index (χ3v) is 3.02. The van der Waals surface area contributed by atoms with Crippen LogP contribution in [0.25, 0.3) is 17.9 Å². The molecular weight excluding hydrogens is 232 g/mol. The summed E-state index contributed by atoms with van der Waals surface area (Å²) in [6, 6.07) is 1.80. The van der Waals surface area contributed by atoms with Gasteiger partial charge in [-0.1, -0.05) is 0 Å². The molecule has 90 valence electrons. The highest BCUT2D eigenvalue weighted by atomic mass is 16.6. The summed E-state index contributed by atoms with van der Waals surface area (Å²) in [7, 11) is 0. The summed E-state index contributed by atoms with van der Waals surface area (Å²) in [4.78, 5) is 19.2. The normalized spacial score (nSPS) is 21.8. The van der Waals surface area contributed by atoms with Gasteiger partial charge < -0.3 is 0 Å². The molecule has 0 N–H and O–H groups in total. The lowest BCUT2D eigenvalue weighted by molar-refractivity contribution is -0.535. The average molecular weight is 242 g/mol. The molecule has 2 aromatic heterocycles. The van der Waals surface area contributed by atoms with Crippen LogP contribution in [-0.4, -0.2) is 24.8 Å². The number of nitro groups is 1. The van der Waals surface area contributed by atoms with Gasteiger partial charge in [0.25, 0.3) is 5.54 Å². The lowest BCUT2D eigenvalue weighted by atomic mass is 10.0. The fraction of sp³-hybridized carbons (Fsp3) is 0.167. The predicted octanol–water partition coefficient (Wildman–Crippen LogP) is 1.80. The van der Waals surface area contributed by atoms with Crippen LogP contribution in [0.15, 0.2) is 30.6 Å². The molecule has 1 aliphatic rings. The van der Waals surface area contributed by atoms with Crippen LogP contribution in [0.3, 0.4) is 0 Å². The van der Waals surface area contributed by atoms with Gasteiger partial charge in [-0.2, -0.15) is 0 Å². The maximum absolute atomic E-state index is 11.0. The van der Waals surface area contributed by atoms with Crippen molar-refractivity contribution in [3.8, 4) is 0 Å². The van der Waals surface area contributed by atoms with Gasteiger partial charge in [0, 0.05) is 24.2 Å². The topological polar surface area (TPSA) is 73.3 Å². The van der Waals surface area contributed by atoms with Crippen molar-refractivity contribution >= 4 is 17.9 Å². The van der Waals surface area contributed by atoms with Gasteiger partial charge in [-0.3, -0.25) is 14.5 Å². The molecule has 18 heavy (non-hydrogen) atoms. The average Bonchev–Trinajstić information content (AvgIpc) is 2.62. The van der Waals surface area contributed by atoms with E-state index in [0.717, 1.165) is 5.69 Å². The molecule has 2 aromatic rings. The van der Waals surface area contributed by atoms with Crippen LogP contribution in [-0.2, 0) is 0 Å². The van der Waals surface area contributed by atoms with Crippen molar-refractivity contribution in [1.82, 2.24) is 14.4 Å². The zero-order valence-electron chi connectivity index (χ0n) is 9.65. The molecule has 1 aliphatic carbocycles. The van der Waals surface area contributed by atoms with Gasteiger partial charge in [0.2, 0.25) is 5.78 Å². The molecule has 0 saturated carbocycles. The zero-order chi connectivity index (χ0) is 12.8. The maximum atomic E-state index is 11.0. The second-order valence-electron chi connectivity index (χ2n) is 4.32. The molecule has 6 nitrogen and oxygen atoms in total. The monoisotopic (exact) mass is 242 g/mol. The number of hydrogen-bond donors (Lipinski definition) is 0. The van der Waals surface area contributed by atoms with Gasteiger partial charge in [0.1, 0.15) is 0 Å². The van der Waals surface area contributed by atoms with E-state index < -0.39 is 5.54 Å². The highest BCUT2D eigenvalue weighted by molar-refractivity contribution is 5.67. The minimum absolute atomic E-state index is 0.322. The quantitative estimate of drug-likeness (QED) is 0.564. The summed E-state index contributed by atoms with van der Waals surface area (Å²) < 4.78 is 1.81. The van der Waals surface area contributed by atoms with E-state index in [-0.39, 0.29) is 4.92 Å². The predicted molar refractivity (Wildman–Crippen MR) is 66.5 cm³/mol. The van der Waals surface area contributed by atoms with Crippen LogP contribution in [0, 0.1) is 10.1 Å². The Morgan fingerprint density at radius 2 is 2.17 bits per heavy atom. The van der Waals surface area contributed by atoms with Crippen LogP contribution in [0.4, 0.5) is 0 Å². The third-order valence-electron chi connectivity index (χ3n) is 3.02. The largest absolute Gasteiger partial charge is 0.284 e. The number of nitrogens with zero attached hydrogens (tertiary/aromatic N) is 4. The summed E-state index contributed by atoms with van der Waals surface area (Å²) >= 11 is 0. The van der Waals surface area contributed by atoms with E-state index in [1.54, 1.807) is 43.5 Å². The van der Waals surface area contributed by atoms with E-state index >= 15 is 0 Å². The van der Waals surface area contributed by atoms with Crippen molar-refractivity contribution in [1.29, 1.82) is 0 Å². The van der Waals surface area contributed by atoms with Crippen LogP contribution < -0.4 is 0 Å². The van der Waals surface area contributed by atoms with Crippen LogP contribution in [0.5, 0.6) is 0 Å². The van der Waals surface area contributed by atoms with Gasteiger partial charge in [-0.15, -0.1) is 0 Å². The Labute approximate surface area is 102 Å². The van der Waals surface area contributed by atoms with Crippen LogP contribution in [0.1, 0.15) is 18.3 Å². The fourth-order valence-corrected chi connectivity index (χ4v) is 1.88. The molecular formula is C12H10N4O2. The highest BCUT2D eigenvalue weighted by Crippen LogP contribution is 2.24. The van der Waals surface area contributed by atoms with E-state index in [2.05, 4.69) is 9.97 Å². The molecule has 0 fully saturated rings. The minimum atomic E-state index is -1.19. The van der Waals surface area contributed by atoms with Gasteiger partial charge in [0.15, 0.2) is 0 Å². The number of hydrogen-bond acceptors (Lipinski definition) is 4. The first-order chi connectivity index (χ1) is 8.60. The second-order valence-corrected chi connectivity index (χ2v) is 4.32. The molecule has 1 atom stereocenters. The molecule has 6 heteroatoms. The van der Waals surface area contributed by atoms with Crippen molar-refractivity contribution in [2.45, 2.75) is 12.5 Å². The third kappa shape index (κ3) is 1.42. The van der Waals surface area contributed by atoms with Crippen LogP contribution >= 0.6 is 0 Å². The van der Waals surface area contributed by atoms with E-state index in [4.69, 9.17) is 0 Å². The lowest BCUT2D eigenvalue weighted by Crippen LogP contribution is -2.29. The molecule has 0 spiro atoms. The Bertz CT molecular complexity index is 701. The fourth-order valence-electron chi connectivity index (χ4n) is 1.88. The van der Waals surface area contributed by atoms with Crippen molar-refractivity contribution in [2.24, 2.45) is 0 Å². The molecule has 0 aromatic carbocycles. The van der Waals surface area contributed by atoms with Gasteiger partial charge in [-0.25, -0.2) is 9.97 Å². The number of rotatable bonds is 1. The SMILES string of the molecule is CC1([N+](=O)[O-])C=Cc2nc3ncccn3c2C=C1. The Balaban J connectivity index is 2.22. The Hall–Kier alpha value is -2.50. The summed E-state index contributed by atoms with van der Waals surface area (Å²) in [5.41, 5.74) is 0.304. The maximum Gasteiger partial charge on any atom is 0.256 e. The molecule has 0 radical (unpaired) electrons. The molecule has 3 rings (SSSR count). The molecule has 0 bridgehead atoms. The summed E-state index contributed by atoms with van der Waals surface area (Å²) in [6.45, 7) is 1.55. The summed E-state index contributed by atoms with van der Waals surface area (Å²) in [5, 5.41) is 11.0. The first-order valence-corrected chi connectivity index (χ1v) is 5.46. The van der Waals surface area contributed by atoms with Gasteiger partial charge >= 0.3 is 0 Å². The van der Waals surface area contributed by atoms with E-state index in [1.165, 1.54) is 0 Å². The molecule has 2 heterocycles. The molecule has 0 aliphatic heterocycles. The van der Waals surface area contributed by atoms with Gasteiger partial charge in [-0.05, 0) is 30.4 Å². The smallest absolute Gasteiger partial charge is 0.256 e. The Morgan fingerprint density at radius 3 is 2.94 bits per heavy atom. The Morgan fingerprint density at radius 1 is 1.39 bits per heavy atom. The second kappa shape index (κ2) is 3.49. The standard InChI is InChI=1S/C12H10N4O2/c1-12(16(17)18)5-3-9-10(4-6-12)15-8-2-7-13-11(15)14-9/h2-8H,1H3. The van der Waals surface area contributed by atoms with Crippen LogP contribution in [0.2, 0.25) is 0 Å². The minimum Gasteiger partial charge on any atom is -0.284 e. The first kappa shape index (κ1) is 10.6. The number of imidazole rings is 1. The Kier molecular flexibility index (Phi) is 2.07. The van der Waals surface area contributed by atoms with Gasteiger partial charge in [0.05, 0.1) is 11.4 Å². The molecule has 0 saturated heterocycles. The summed E-state index contributed by atoms with van der Waals surface area (Å²) in [5.74, 6) is 0.585. The zero-order valence-corrected chi connectivity index (χ0v) is 9.65. The van der Waals surface area contributed by atoms with E-state index in [1.807, 2.05) is 10.6 Å².